The van der Waals surface area contributed by atoms with Gasteiger partial charge in [0.05, 0.1) is 16.3 Å². The van der Waals surface area contributed by atoms with Crippen LogP contribution in [0.3, 0.4) is 0 Å². The number of hydrogen-bond acceptors (Lipinski definition) is 3. The first-order valence-electron chi connectivity index (χ1n) is 8.27. The monoisotopic (exact) mass is 476 g/mol. The van der Waals surface area contributed by atoms with E-state index in [-0.39, 0.29) is 5.91 Å². The van der Waals surface area contributed by atoms with Crippen LogP contribution in [-0.2, 0) is 6.61 Å². The third-order valence-corrected chi connectivity index (χ3v) is 4.97. The van der Waals surface area contributed by atoms with Gasteiger partial charge < -0.3 is 4.74 Å². The Morgan fingerprint density at radius 2 is 1.82 bits per heavy atom. The molecule has 0 aliphatic heterocycles. The van der Waals surface area contributed by atoms with Gasteiger partial charge >= 0.3 is 0 Å². The van der Waals surface area contributed by atoms with Crippen LogP contribution in [0, 0.1) is 0 Å². The summed E-state index contributed by atoms with van der Waals surface area (Å²) in [5, 5.41) is 4.96. The molecule has 4 nitrogen and oxygen atoms in total. The summed E-state index contributed by atoms with van der Waals surface area (Å²) in [4.78, 5) is 12.2. The fraction of sp³-hybridized carbons (Fsp3) is 0.0476. The average Bonchev–Trinajstić information content (AvgIpc) is 2.69. The number of carbonyl (C=O) groups excluding carboxylic acids is 1. The van der Waals surface area contributed by atoms with Gasteiger partial charge in [-0.15, -0.1) is 0 Å². The van der Waals surface area contributed by atoms with E-state index in [0.29, 0.717) is 28.0 Å². The molecule has 142 valence electrons. The van der Waals surface area contributed by atoms with Gasteiger partial charge in [0.25, 0.3) is 5.91 Å². The second-order valence-corrected chi connectivity index (χ2v) is 7.55. The molecule has 0 bridgehead atoms. The number of nitrogens with one attached hydrogen (secondary N) is 1. The summed E-state index contributed by atoms with van der Waals surface area (Å²) in [7, 11) is 0. The van der Waals surface area contributed by atoms with E-state index in [2.05, 4.69) is 26.5 Å². The van der Waals surface area contributed by atoms with Crippen LogP contribution in [0.5, 0.6) is 5.75 Å². The van der Waals surface area contributed by atoms with Crippen LogP contribution in [0.4, 0.5) is 0 Å². The number of benzene rings is 3. The van der Waals surface area contributed by atoms with Gasteiger partial charge in [0, 0.05) is 10.0 Å². The first-order valence-corrected chi connectivity index (χ1v) is 9.82. The molecule has 0 spiro atoms. The van der Waals surface area contributed by atoms with E-state index in [1.54, 1.807) is 42.6 Å². The van der Waals surface area contributed by atoms with Gasteiger partial charge in [-0.3, -0.25) is 4.79 Å². The number of amides is 1. The number of halogens is 3. The highest BCUT2D eigenvalue weighted by atomic mass is 79.9. The lowest BCUT2D eigenvalue weighted by molar-refractivity contribution is 0.0955. The van der Waals surface area contributed by atoms with Crippen LogP contribution in [0.25, 0.3) is 0 Å². The predicted molar refractivity (Wildman–Crippen MR) is 116 cm³/mol. The van der Waals surface area contributed by atoms with Crippen molar-refractivity contribution in [1.29, 1.82) is 0 Å². The first kappa shape index (κ1) is 20.4. The molecule has 0 aliphatic carbocycles. The molecule has 0 saturated carbocycles. The molecule has 3 rings (SSSR count). The summed E-state index contributed by atoms with van der Waals surface area (Å²) in [6, 6.07) is 19.7. The topological polar surface area (TPSA) is 50.7 Å². The van der Waals surface area contributed by atoms with Crippen molar-refractivity contribution < 1.29 is 9.53 Å². The molecule has 0 aromatic heterocycles. The van der Waals surface area contributed by atoms with Crippen molar-refractivity contribution in [1.82, 2.24) is 5.43 Å². The van der Waals surface area contributed by atoms with Crippen molar-refractivity contribution in [3.8, 4) is 5.75 Å². The zero-order valence-corrected chi connectivity index (χ0v) is 17.6. The maximum absolute atomic E-state index is 12.2. The Hall–Kier alpha value is -2.34. The molecule has 1 N–H and O–H groups in total. The molecule has 0 fully saturated rings. The standard InChI is InChI=1S/C21H15BrCl2N2O2/c22-17-3-1-2-14(10-17)12-25-26-21(27)16-5-7-18(8-6-16)28-13-15-4-9-19(23)20(24)11-15/h1-12H,13H2,(H,26,27)/b25-12-. The zero-order chi connectivity index (χ0) is 19.9. The Bertz CT molecular complexity index is 1010. The van der Waals surface area contributed by atoms with Crippen LogP contribution in [0.15, 0.2) is 76.3 Å². The quantitative estimate of drug-likeness (QED) is 0.344. The Morgan fingerprint density at radius 1 is 1.04 bits per heavy atom. The van der Waals surface area contributed by atoms with E-state index in [1.165, 1.54) is 0 Å². The van der Waals surface area contributed by atoms with Gasteiger partial charge in [0.1, 0.15) is 12.4 Å². The number of hydrogen-bond donors (Lipinski definition) is 1. The van der Waals surface area contributed by atoms with Gasteiger partial charge in [-0.05, 0) is 59.7 Å². The van der Waals surface area contributed by atoms with Crippen molar-refractivity contribution in [2.45, 2.75) is 6.61 Å². The van der Waals surface area contributed by atoms with Crippen LogP contribution in [0.2, 0.25) is 10.0 Å². The number of rotatable bonds is 6. The molecule has 0 saturated heterocycles. The second-order valence-electron chi connectivity index (χ2n) is 5.82. The van der Waals surface area contributed by atoms with Crippen LogP contribution in [0.1, 0.15) is 21.5 Å². The van der Waals surface area contributed by atoms with Crippen LogP contribution >= 0.6 is 39.1 Å². The summed E-state index contributed by atoms with van der Waals surface area (Å²) in [5.41, 5.74) is 4.76. The molecule has 0 unspecified atom stereocenters. The van der Waals surface area contributed by atoms with Gasteiger partial charge in [-0.1, -0.05) is 57.3 Å². The summed E-state index contributed by atoms with van der Waals surface area (Å²) in [5.74, 6) is 0.336. The molecule has 0 atom stereocenters. The summed E-state index contributed by atoms with van der Waals surface area (Å²) >= 11 is 15.3. The Kier molecular flexibility index (Phi) is 7.09. The van der Waals surface area contributed by atoms with Gasteiger partial charge in [-0.25, -0.2) is 5.43 Å². The van der Waals surface area contributed by atoms with Crippen molar-refractivity contribution in [2.24, 2.45) is 5.10 Å². The maximum Gasteiger partial charge on any atom is 0.271 e. The van der Waals surface area contributed by atoms with Crippen molar-refractivity contribution >= 4 is 51.3 Å². The van der Waals surface area contributed by atoms with E-state index in [4.69, 9.17) is 27.9 Å². The molecule has 3 aromatic rings. The number of nitrogens with zero attached hydrogens (tertiary/aromatic N) is 1. The minimum absolute atomic E-state index is 0.303. The van der Waals surface area contributed by atoms with E-state index >= 15 is 0 Å². The second kappa shape index (κ2) is 9.73. The highest BCUT2D eigenvalue weighted by Gasteiger charge is 2.05. The molecular weight excluding hydrogens is 463 g/mol. The number of hydrazone groups is 1. The van der Waals surface area contributed by atoms with E-state index < -0.39 is 0 Å². The molecule has 0 radical (unpaired) electrons. The predicted octanol–water partition coefficient (Wildman–Crippen LogP) is 6.10. The minimum Gasteiger partial charge on any atom is -0.489 e. The van der Waals surface area contributed by atoms with Gasteiger partial charge in [0.2, 0.25) is 0 Å². The average molecular weight is 478 g/mol. The van der Waals surface area contributed by atoms with Gasteiger partial charge in [-0.2, -0.15) is 5.10 Å². The normalized spacial score (nSPS) is 10.8. The minimum atomic E-state index is -0.303. The van der Waals surface area contributed by atoms with Crippen LogP contribution < -0.4 is 10.2 Å². The summed E-state index contributed by atoms with van der Waals surface area (Å²) in [6.07, 6.45) is 1.58. The van der Waals surface area contributed by atoms with Crippen LogP contribution in [-0.4, -0.2) is 12.1 Å². The van der Waals surface area contributed by atoms with E-state index in [9.17, 15) is 4.79 Å². The molecule has 3 aromatic carbocycles. The lowest BCUT2D eigenvalue weighted by Crippen LogP contribution is -2.17. The maximum atomic E-state index is 12.2. The third kappa shape index (κ3) is 5.83. The summed E-state index contributed by atoms with van der Waals surface area (Å²) < 4.78 is 6.65. The van der Waals surface area contributed by atoms with E-state index in [0.717, 1.165) is 15.6 Å². The third-order valence-electron chi connectivity index (χ3n) is 3.73. The fourth-order valence-corrected chi connectivity index (χ4v) is 3.05. The Labute approximate surface area is 181 Å². The Morgan fingerprint density at radius 3 is 2.54 bits per heavy atom. The van der Waals surface area contributed by atoms with E-state index in [1.807, 2.05) is 30.3 Å². The highest BCUT2D eigenvalue weighted by molar-refractivity contribution is 9.10. The number of ether oxygens (including phenoxy) is 1. The molecular formula is C21H15BrCl2N2O2. The van der Waals surface area contributed by atoms with Crippen molar-refractivity contribution in [3.05, 3.63) is 97.9 Å². The highest BCUT2D eigenvalue weighted by Crippen LogP contribution is 2.23. The Balaban J connectivity index is 1.54. The number of carbonyl (C=O) groups is 1. The molecule has 28 heavy (non-hydrogen) atoms. The van der Waals surface area contributed by atoms with Gasteiger partial charge in [0.15, 0.2) is 0 Å². The molecule has 0 aliphatic rings. The largest absolute Gasteiger partial charge is 0.489 e. The summed E-state index contributed by atoms with van der Waals surface area (Å²) in [6.45, 7) is 0.347. The SMILES string of the molecule is O=C(N/N=C\c1cccc(Br)c1)c1ccc(OCc2ccc(Cl)c(Cl)c2)cc1. The molecule has 1 amide bonds. The fourth-order valence-electron chi connectivity index (χ4n) is 2.32. The lowest BCUT2D eigenvalue weighted by atomic mass is 10.2. The first-order chi connectivity index (χ1) is 13.5. The molecule has 7 heteroatoms. The zero-order valence-electron chi connectivity index (χ0n) is 14.5. The van der Waals surface area contributed by atoms with Crippen molar-refractivity contribution in [3.63, 3.8) is 0 Å². The van der Waals surface area contributed by atoms with Crippen molar-refractivity contribution in [2.75, 3.05) is 0 Å². The molecule has 0 heterocycles. The lowest BCUT2D eigenvalue weighted by Gasteiger charge is -2.08. The smallest absolute Gasteiger partial charge is 0.271 e.